The van der Waals surface area contributed by atoms with E-state index < -0.39 is 5.60 Å². The second-order valence-electron chi connectivity index (χ2n) is 8.20. The predicted molar refractivity (Wildman–Crippen MR) is 107 cm³/mol. The average Bonchev–Trinajstić information content (AvgIpc) is 3.10. The first-order chi connectivity index (χ1) is 13.1. The number of aliphatic hydroxyl groups is 1. The SMILES string of the molecule is CCc1cc(N2CC[C@](O)(CN3CCCCC3)C2)nc(N2CCOCC2)n1. The standard InChI is InChI=1S/C20H33N5O2/c1-2-17-14-18(22-19(21-17)24-10-12-27-13-11-24)25-9-6-20(26,16-25)15-23-7-4-3-5-8-23/h14,26H,2-13,15-16H2,1H3/t20-/m0/s1. The number of β-amino-alcohol motifs (C(OH)–C–C–N with tert-alkyl or cyclic N) is 1. The van der Waals surface area contributed by atoms with Gasteiger partial charge < -0.3 is 24.5 Å². The summed E-state index contributed by atoms with van der Waals surface area (Å²) in [5.74, 6) is 1.76. The minimum absolute atomic E-state index is 0.631. The Hall–Kier alpha value is -1.44. The molecule has 0 radical (unpaired) electrons. The number of nitrogens with zero attached hydrogens (tertiary/aromatic N) is 5. The number of hydrogen-bond donors (Lipinski definition) is 1. The van der Waals surface area contributed by atoms with Crippen LogP contribution in [0.3, 0.4) is 0 Å². The van der Waals surface area contributed by atoms with Gasteiger partial charge in [0.2, 0.25) is 5.95 Å². The maximum atomic E-state index is 11.2. The van der Waals surface area contributed by atoms with E-state index in [4.69, 9.17) is 14.7 Å². The van der Waals surface area contributed by atoms with Crippen LogP contribution in [-0.4, -0.2) is 84.6 Å². The number of rotatable bonds is 5. The van der Waals surface area contributed by atoms with Crippen LogP contribution in [0.25, 0.3) is 0 Å². The molecule has 0 aliphatic carbocycles. The molecule has 0 amide bonds. The van der Waals surface area contributed by atoms with Crippen molar-refractivity contribution in [1.29, 1.82) is 0 Å². The predicted octanol–water partition coefficient (Wildman–Crippen LogP) is 1.30. The monoisotopic (exact) mass is 375 g/mol. The van der Waals surface area contributed by atoms with E-state index >= 15 is 0 Å². The van der Waals surface area contributed by atoms with Gasteiger partial charge in [-0.1, -0.05) is 13.3 Å². The number of aryl methyl sites for hydroxylation is 1. The van der Waals surface area contributed by atoms with Gasteiger partial charge in [-0.05, 0) is 38.8 Å². The van der Waals surface area contributed by atoms with Crippen LogP contribution in [-0.2, 0) is 11.2 Å². The van der Waals surface area contributed by atoms with Gasteiger partial charge in [-0.3, -0.25) is 0 Å². The summed E-state index contributed by atoms with van der Waals surface area (Å²) in [6.07, 6.45) is 5.54. The lowest BCUT2D eigenvalue weighted by Gasteiger charge is -2.34. The molecule has 3 saturated heterocycles. The number of hydrogen-bond acceptors (Lipinski definition) is 7. The first kappa shape index (κ1) is 18.9. The molecule has 3 fully saturated rings. The Labute approximate surface area is 162 Å². The van der Waals surface area contributed by atoms with Gasteiger partial charge in [0.25, 0.3) is 0 Å². The van der Waals surface area contributed by atoms with E-state index in [-0.39, 0.29) is 0 Å². The minimum atomic E-state index is -0.631. The van der Waals surface area contributed by atoms with Crippen molar-refractivity contribution in [2.75, 3.05) is 68.8 Å². The minimum Gasteiger partial charge on any atom is -0.387 e. The molecule has 1 atom stereocenters. The summed E-state index contributed by atoms with van der Waals surface area (Å²) in [6.45, 7) is 9.81. The Bertz CT molecular complexity index is 631. The van der Waals surface area contributed by atoms with Crippen LogP contribution in [0.1, 0.15) is 38.3 Å². The lowest BCUT2D eigenvalue weighted by Crippen LogP contribution is -2.46. The molecule has 3 aliphatic rings. The zero-order valence-electron chi connectivity index (χ0n) is 16.6. The molecule has 4 heterocycles. The zero-order valence-corrected chi connectivity index (χ0v) is 16.6. The molecule has 0 spiro atoms. The highest BCUT2D eigenvalue weighted by Crippen LogP contribution is 2.29. The van der Waals surface area contributed by atoms with Gasteiger partial charge in [0, 0.05) is 44.5 Å². The molecule has 0 saturated carbocycles. The van der Waals surface area contributed by atoms with E-state index in [2.05, 4.69) is 27.7 Å². The van der Waals surface area contributed by atoms with Crippen molar-refractivity contribution in [3.05, 3.63) is 11.8 Å². The first-order valence-corrected chi connectivity index (χ1v) is 10.6. The molecule has 150 valence electrons. The molecule has 0 aromatic carbocycles. The highest BCUT2D eigenvalue weighted by Gasteiger charge is 2.38. The molecular weight excluding hydrogens is 342 g/mol. The summed E-state index contributed by atoms with van der Waals surface area (Å²) >= 11 is 0. The summed E-state index contributed by atoms with van der Waals surface area (Å²) in [5.41, 5.74) is 0.432. The Balaban J connectivity index is 1.47. The van der Waals surface area contributed by atoms with Crippen LogP contribution in [0.2, 0.25) is 0 Å². The second-order valence-corrected chi connectivity index (χ2v) is 8.20. The number of piperidine rings is 1. The van der Waals surface area contributed by atoms with E-state index in [9.17, 15) is 5.11 Å². The van der Waals surface area contributed by atoms with Gasteiger partial charge in [-0.2, -0.15) is 4.98 Å². The Morgan fingerprint density at radius 3 is 2.56 bits per heavy atom. The molecule has 1 aromatic heterocycles. The van der Waals surface area contributed by atoms with Crippen LogP contribution in [0, 0.1) is 0 Å². The van der Waals surface area contributed by atoms with Crippen LogP contribution in [0.4, 0.5) is 11.8 Å². The van der Waals surface area contributed by atoms with Crippen LogP contribution in [0.15, 0.2) is 6.07 Å². The van der Waals surface area contributed by atoms with Crippen molar-refractivity contribution in [2.24, 2.45) is 0 Å². The topological polar surface area (TPSA) is 65.0 Å². The number of ether oxygens (including phenoxy) is 1. The highest BCUT2D eigenvalue weighted by molar-refractivity contribution is 5.48. The van der Waals surface area contributed by atoms with Crippen molar-refractivity contribution < 1.29 is 9.84 Å². The van der Waals surface area contributed by atoms with Gasteiger partial charge in [0.05, 0.1) is 18.8 Å². The molecule has 1 N–H and O–H groups in total. The van der Waals surface area contributed by atoms with Crippen molar-refractivity contribution in [2.45, 2.75) is 44.6 Å². The highest BCUT2D eigenvalue weighted by atomic mass is 16.5. The smallest absolute Gasteiger partial charge is 0.227 e. The largest absolute Gasteiger partial charge is 0.387 e. The van der Waals surface area contributed by atoms with Gasteiger partial charge >= 0.3 is 0 Å². The fraction of sp³-hybridized carbons (Fsp3) is 0.800. The Morgan fingerprint density at radius 1 is 1.04 bits per heavy atom. The number of likely N-dealkylation sites (tertiary alicyclic amines) is 1. The van der Waals surface area contributed by atoms with Crippen LogP contribution in [0.5, 0.6) is 0 Å². The summed E-state index contributed by atoms with van der Waals surface area (Å²) in [4.78, 5) is 16.5. The van der Waals surface area contributed by atoms with Crippen molar-refractivity contribution in [3.8, 4) is 0 Å². The molecule has 1 aromatic rings. The zero-order chi connectivity index (χ0) is 18.7. The third-order valence-electron chi connectivity index (χ3n) is 6.03. The molecule has 3 aliphatic heterocycles. The molecule has 0 unspecified atom stereocenters. The third-order valence-corrected chi connectivity index (χ3v) is 6.03. The van der Waals surface area contributed by atoms with E-state index in [0.717, 1.165) is 82.8 Å². The average molecular weight is 376 g/mol. The molecule has 7 heteroatoms. The number of morpholine rings is 1. The maximum Gasteiger partial charge on any atom is 0.227 e. The second kappa shape index (κ2) is 8.29. The summed E-state index contributed by atoms with van der Waals surface area (Å²) in [5, 5.41) is 11.2. The van der Waals surface area contributed by atoms with E-state index in [1.807, 2.05) is 0 Å². The van der Waals surface area contributed by atoms with Gasteiger partial charge in [-0.25, -0.2) is 4.98 Å². The Morgan fingerprint density at radius 2 is 1.81 bits per heavy atom. The summed E-state index contributed by atoms with van der Waals surface area (Å²) in [6, 6.07) is 2.09. The van der Waals surface area contributed by atoms with Gasteiger partial charge in [0.1, 0.15) is 5.82 Å². The molecule has 27 heavy (non-hydrogen) atoms. The Kier molecular flexibility index (Phi) is 5.80. The van der Waals surface area contributed by atoms with Crippen molar-refractivity contribution in [1.82, 2.24) is 14.9 Å². The lowest BCUT2D eigenvalue weighted by molar-refractivity contribution is 0.0169. The fourth-order valence-electron chi connectivity index (χ4n) is 4.43. The van der Waals surface area contributed by atoms with Crippen LogP contribution < -0.4 is 9.80 Å². The summed E-state index contributed by atoms with van der Waals surface area (Å²) < 4.78 is 5.46. The van der Waals surface area contributed by atoms with E-state index in [1.165, 1.54) is 19.3 Å². The normalized spacial score (nSPS) is 27.3. The maximum absolute atomic E-state index is 11.2. The molecule has 0 bridgehead atoms. The van der Waals surface area contributed by atoms with Crippen molar-refractivity contribution in [3.63, 3.8) is 0 Å². The van der Waals surface area contributed by atoms with Crippen LogP contribution >= 0.6 is 0 Å². The third kappa shape index (κ3) is 4.52. The quantitative estimate of drug-likeness (QED) is 0.832. The van der Waals surface area contributed by atoms with E-state index in [0.29, 0.717) is 6.54 Å². The molecule has 4 rings (SSSR count). The molecule has 7 nitrogen and oxygen atoms in total. The van der Waals surface area contributed by atoms with Crippen molar-refractivity contribution >= 4 is 11.8 Å². The summed E-state index contributed by atoms with van der Waals surface area (Å²) in [7, 11) is 0. The van der Waals surface area contributed by atoms with E-state index in [1.54, 1.807) is 0 Å². The molecular formula is C20H33N5O2. The first-order valence-electron chi connectivity index (χ1n) is 10.6. The number of aromatic nitrogens is 2. The van der Waals surface area contributed by atoms with Gasteiger partial charge in [-0.15, -0.1) is 0 Å². The lowest BCUT2D eigenvalue weighted by atomic mass is 10.0. The van der Waals surface area contributed by atoms with Gasteiger partial charge in [0.15, 0.2) is 0 Å². The number of anilines is 2. The fourth-order valence-corrected chi connectivity index (χ4v) is 4.43.